The zero-order valence-corrected chi connectivity index (χ0v) is 13.1. The van der Waals surface area contributed by atoms with E-state index in [1.54, 1.807) is 6.07 Å². The zero-order valence-electron chi connectivity index (χ0n) is 13.1. The van der Waals surface area contributed by atoms with Crippen molar-refractivity contribution < 1.29 is 19.7 Å². The third-order valence-electron chi connectivity index (χ3n) is 4.56. The maximum atomic E-state index is 11.0. The quantitative estimate of drug-likeness (QED) is 0.888. The third kappa shape index (κ3) is 3.08. The average molecular weight is 312 g/mol. The summed E-state index contributed by atoms with van der Waals surface area (Å²) in [4.78, 5) is 11.0. The molecular weight excluding hydrogens is 292 g/mol. The Balaban J connectivity index is 1.90. The number of hydrogen-bond donors (Lipinski definition) is 2. The fourth-order valence-corrected chi connectivity index (χ4v) is 3.03. The van der Waals surface area contributed by atoms with Crippen molar-refractivity contribution in [3.8, 4) is 16.9 Å². The van der Waals surface area contributed by atoms with Crippen LogP contribution in [0.3, 0.4) is 0 Å². The number of carboxylic acid groups (broad SMARTS) is 1. The molecule has 2 N–H and O–H groups in total. The highest BCUT2D eigenvalue weighted by Crippen LogP contribution is 2.41. The van der Waals surface area contributed by atoms with Crippen molar-refractivity contribution in [2.24, 2.45) is 0 Å². The van der Waals surface area contributed by atoms with Gasteiger partial charge in [-0.2, -0.15) is 0 Å². The summed E-state index contributed by atoms with van der Waals surface area (Å²) in [5.41, 5.74) is 2.87. The van der Waals surface area contributed by atoms with Crippen LogP contribution in [0.25, 0.3) is 11.1 Å². The predicted molar refractivity (Wildman–Crippen MR) is 87.5 cm³/mol. The molecule has 1 fully saturated rings. The SMILES string of the molecule is COc1ccc(-c2ccc(C3(O)CCC3)cc2)cc1CC(=O)O. The summed E-state index contributed by atoms with van der Waals surface area (Å²) < 4.78 is 5.23. The molecular formula is C19H20O4. The first-order valence-corrected chi connectivity index (χ1v) is 7.74. The first-order chi connectivity index (χ1) is 11.0. The Kier molecular flexibility index (Phi) is 4.09. The number of ether oxygens (including phenoxy) is 1. The molecule has 0 atom stereocenters. The van der Waals surface area contributed by atoms with Gasteiger partial charge in [-0.1, -0.05) is 30.3 Å². The maximum absolute atomic E-state index is 11.0. The Bertz CT molecular complexity index is 715. The highest BCUT2D eigenvalue weighted by atomic mass is 16.5. The Hall–Kier alpha value is -2.33. The van der Waals surface area contributed by atoms with Gasteiger partial charge in [0.1, 0.15) is 5.75 Å². The van der Waals surface area contributed by atoms with E-state index < -0.39 is 11.6 Å². The van der Waals surface area contributed by atoms with Crippen LogP contribution in [0.15, 0.2) is 42.5 Å². The number of aliphatic carboxylic acids is 1. The largest absolute Gasteiger partial charge is 0.496 e. The first kappa shape index (κ1) is 15.6. The van der Waals surface area contributed by atoms with Crippen LogP contribution in [-0.4, -0.2) is 23.3 Å². The van der Waals surface area contributed by atoms with Gasteiger partial charge in [0.05, 0.1) is 19.1 Å². The molecule has 120 valence electrons. The summed E-state index contributed by atoms with van der Waals surface area (Å²) in [5.74, 6) is -0.306. The minimum Gasteiger partial charge on any atom is -0.496 e. The Morgan fingerprint density at radius 2 is 1.78 bits per heavy atom. The van der Waals surface area contributed by atoms with Gasteiger partial charge in [-0.3, -0.25) is 4.79 Å². The second kappa shape index (κ2) is 6.05. The van der Waals surface area contributed by atoms with Crippen molar-refractivity contribution in [3.63, 3.8) is 0 Å². The molecule has 0 bridgehead atoms. The van der Waals surface area contributed by atoms with E-state index >= 15 is 0 Å². The van der Waals surface area contributed by atoms with Gasteiger partial charge in [0.2, 0.25) is 0 Å². The molecule has 4 heteroatoms. The van der Waals surface area contributed by atoms with Gasteiger partial charge in [0.25, 0.3) is 0 Å². The van der Waals surface area contributed by atoms with Crippen LogP contribution in [0, 0.1) is 0 Å². The standard InChI is InChI=1S/C19H20O4/c1-23-17-8-5-14(11-15(17)12-18(20)21)13-3-6-16(7-4-13)19(22)9-2-10-19/h3-8,11,22H,2,9-10,12H2,1H3,(H,20,21). The van der Waals surface area contributed by atoms with E-state index in [9.17, 15) is 9.90 Å². The van der Waals surface area contributed by atoms with E-state index in [2.05, 4.69) is 0 Å². The molecule has 4 nitrogen and oxygen atoms in total. The number of methoxy groups -OCH3 is 1. The van der Waals surface area contributed by atoms with Crippen LogP contribution in [0.5, 0.6) is 5.75 Å². The lowest BCUT2D eigenvalue weighted by molar-refractivity contribution is -0.136. The van der Waals surface area contributed by atoms with Gasteiger partial charge in [-0.25, -0.2) is 0 Å². The Morgan fingerprint density at radius 1 is 1.13 bits per heavy atom. The highest BCUT2D eigenvalue weighted by molar-refractivity contribution is 5.74. The molecule has 23 heavy (non-hydrogen) atoms. The van der Waals surface area contributed by atoms with E-state index in [1.807, 2.05) is 36.4 Å². The fraction of sp³-hybridized carbons (Fsp3) is 0.316. The molecule has 0 radical (unpaired) electrons. The van der Waals surface area contributed by atoms with Gasteiger partial charge in [0.15, 0.2) is 0 Å². The number of benzene rings is 2. The van der Waals surface area contributed by atoms with Gasteiger partial charge in [-0.05, 0) is 48.1 Å². The lowest BCUT2D eigenvalue weighted by Crippen LogP contribution is -2.33. The summed E-state index contributed by atoms with van der Waals surface area (Å²) in [6, 6.07) is 13.4. The second-order valence-electron chi connectivity index (χ2n) is 6.06. The van der Waals surface area contributed by atoms with E-state index in [1.165, 1.54) is 7.11 Å². The van der Waals surface area contributed by atoms with E-state index in [0.717, 1.165) is 36.0 Å². The monoisotopic (exact) mass is 312 g/mol. The Morgan fingerprint density at radius 3 is 2.30 bits per heavy atom. The Labute approximate surface area is 135 Å². The summed E-state index contributed by atoms with van der Waals surface area (Å²) >= 11 is 0. The molecule has 0 heterocycles. The fourth-order valence-electron chi connectivity index (χ4n) is 3.03. The molecule has 1 saturated carbocycles. The van der Waals surface area contributed by atoms with Crippen molar-refractivity contribution in [2.75, 3.05) is 7.11 Å². The molecule has 1 aliphatic rings. The first-order valence-electron chi connectivity index (χ1n) is 7.74. The normalized spacial score (nSPS) is 15.7. The minimum atomic E-state index is -0.886. The molecule has 2 aromatic carbocycles. The maximum Gasteiger partial charge on any atom is 0.307 e. The predicted octanol–water partition coefficient (Wildman–Crippen LogP) is 3.36. The number of carbonyl (C=O) groups is 1. The lowest BCUT2D eigenvalue weighted by Gasteiger charge is -2.37. The van der Waals surface area contributed by atoms with Crippen molar-refractivity contribution in [2.45, 2.75) is 31.3 Å². The van der Waals surface area contributed by atoms with Crippen LogP contribution in [-0.2, 0) is 16.8 Å². The van der Waals surface area contributed by atoms with Crippen molar-refractivity contribution >= 4 is 5.97 Å². The molecule has 3 rings (SSSR count). The highest BCUT2D eigenvalue weighted by Gasteiger charge is 2.35. The van der Waals surface area contributed by atoms with E-state index in [0.29, 0.717) is 11.3 Å². The average Bonchev–Trinajstić information content (AvgIpc) is 2.52. The number of rotatable bonds is 5. The topological polar surface area (TPSA) is 66.8 Å². The lowest BCUT2D eigenvalue weighted by atomic mass is 9.75. The summed E-state index contributed by atoms with van der Waals surface area (Å²) in [5, 5.41) is 19.4. The minimum absolute atomic E-state index is 0.0746. The van der Waals surface area contributed by atoms with Crippen molar-refractivity contribution in [3.05, 3.63) is 53.6 Å². The van der Waals surface area contributed by atoms with Crippen LogP contribution in [0.2, 0.25) is 0 Å². The molecule has 1 aliphatic carbocycles. The third-order valence-corrected chi connectivity index (χ3v) is 4.56. The van der Waals surface area contributed by atoms with Crippen LogP contribution < -0.4 is 4.74 Å². The van der Waals surface area contributed by atoms with Crippen molar-refractivity contribution in [1.82, 2.24) is 0 Å². The second-order valence-corrected chi connectivity index (χ2v) is 6.06. The van der Waals surface area contributed by atoms with E-state index in [4.69, 9.17) is 9.84 Å². The molecule has 0 aliphatic heterocycles. The van der Waals surface area contributed by atoms with Crippen LogP contribution >= 0.6 is 0 Å². The van der Waals surface area contributed by atoms with Gasteiger partial charge >= 0.3 is 5.97 Å². The number of aliphatic hydroxyl groups is 1. The summed E-state index contributed by atoms with van der Waals surface area (Å²) in [7, 11) is 1.54. The molecule has 0 amide bonds. The number of carboxylic acids is 1. The van der Waals surface area contributed by atoms with Crippen LogP contribution in [0.1, 0.15) is 30.4 Å². The smallest absolute Gasteiger partial charge is 0.307 e. The summed E-state index contributed by atoms with van der Waals surface area (Å²) in [6.45, 7) is 0. The molecule has 0 unspecified atom stereocenters. The van der Waals surface area contributed by atoms with Crippen LogP contribution in [0.4, 0.5) is 0 Å². The molecule has 2 aromatic rings. The number of hydrogen-bond acceptors (Lipinski definition) is 3. The zero-order chi connectivity index (χ0) is 16.4. The van der Waals surface area contributed by atoms with Gasteiger partial charge in [0, 0.05) is 5.56 Å². The van der Waals surface area contributed by atoms with Gasteiger partial charge in [-0.15, -0.1) is 0 Å². The van der Waals surface area contributed by atoms with Crippen molar-refractivity contribution in [1.29, 1.82) is 0 Å². The molecule has 0 spiro atoms. The van der Waals surface area contributed by atoms with Gasteiger partial charge < -0.3 is 14.9 Å². The molecule has 0 aromatic heterocycles. The summed E-state index contributed by atoms with van der Waals surface area (Å²) in [6.07, 6.45) is 2.62. The van der Waals surface area contributed by atoms with E-state index in [-0.39, 0.29) is 6.42 Å². The molecule has 0 saturated heterocycles.